The lowest BCUT2D eigenvalue weighted by Crippen LogP contribution is -2.46. The van der Waals surface area contributed by atoms with E-state index < -0.39 is 57.8 Å². The number of aromatic nitrogens is 2. The molecule has 0 amide bonds. The van der Waals surface area contributed by atoms with Crippen molar-refractivity contribution in [3.63, 3.8) is 0 Å². The van der Waals surface area contributed by atoms with Crippen molar-refractivity contribution < 1.29 is 57.3 Å². The number of allylic oxidation sites excluding steroid dienone is 10. The molecule has 12 rings (SSSR count). The Morgan fingerprint density at radius 1 is 0.410 bits per heavy atom. The fourth-order valence-corrected chi connectivity index (χ4v) is 13.0. The van der Waals surface area contributed by atoms with Crippen molar-refractivity contribution in [1.82, 2.24) is 9.97 Å². The molecule has 0 atom stereocenters. The molecule has 14 nitrogen and oxygen atoms in total. The molecule has 2 saturated carbocycles. The molecule has 0 aliphatic heterocycles. The van der Waals surface area contributed by atoms with Crippen LogP contribution in [-0.2, 0) is 94.6 Å². The minimum Gasteiger partial charge on any atom is -0.459 e. The van der Waals surface area contributed by atoms with E-state index in [1.165, 1.54) is 12.2 Å². The number of fused-ring (bicyclic) bond motifs is 6. The van der Waals surface area contributed by atoms with Crippen LogP contribution in [0.2, 0.25) is 0 Å². The Labute approximate surface area is 453 Å². The second-order valence-corrected chi connectivity index (χ2v) is 21.1. The number of thiazole rings is 2. The van der Waals surface area contributed by atoms with Crippen LogP contribution in [0, 0.1) is 0 Å². The number of esters is 4. The van der Waals surface area contributed by atoms with Gasteiger partial charge in [-0.05, 0) is 60.1 Å². The van der Waals surface area contributed by atoms with Crippen LogP contribution in [0.1, 0.15) is 79.1 Å². The summed E-state index contributed by atoms with van der Waals surface area (Å²) in [4.78, 5) is 129. The Bertz CT molecular complexity index is 3410. The number of nitrogens with zero attached hydrogens (tertiary/aromatic N) is 2. The van der Waals surface area contributed by atoms with Crippen LogP contribution in [0.3, 0.4) is 0 Å². The Morgan fingerprint density at radius 3 is 0.923 bits per heavy atom. The van der Waals surface area contributed by atoms with E-state index in [-0.39, 0.29) is 102 Å². The summed E-state index contributed by atoms with van der Waals surface area (Å²) >= 11 is 1.63. The van der Waals surface area contributed by atoms with Crippen molar-refractivity contribution in [2.75, 3.05) is 0 Å². The number of rotatable bonds is 14. The quantitative estimate of drug-likeness (QED) is 0.0329. The molecule has 0 radical (unpaired) electrons. The summed E-state index contributed by atoms with van der Waals surface area (Å²) in [6.45, 7) is -1.48. The number of ketones is 4. The highest BCUT2D eigenvalue weighted by atomic mass is 32.1. The monoisotopic (exact) mass is 1070 g/mol. The normalized spacial score (nSPS) is 17.2. The van der Waals surface area contributed by atoms with Crippen molar-refractivity contribution in [2.45, 2.75) is 62.9 Å². The summed E-state index contributed by atoms with van der Waals surface area (Å²) < 4.78 is 24.8. The van der Waals surface area contributed by atoms with Gasteiger partial charge in [-0.2, -0.15) is 0 Å². The largest absolute Gasteiger partial charge is 0.459 e. The fourth-order valence-electron chi connectivity index (χ4n) is 10.6. The van der Waals surface area contributed by atoms with Gasteiger partial charge in [0.05, 0.1) is 32.3 Å². The first-order valence-electron chi connectivity index (χ1n) is 25.1. The first-order chi connectivity index (χ1) is 38.0. The van der Waals surface area contributed by atoms with Crippen LogP contribution in [0.25, 0.3) is 23.3 Å². The van der Waals surface area contributed by atoms with Gasteiger partial charge in [0.15, 0.2) is 23.1 Å². The number of benzene rings is 4. The summed E-state index contributed by atoms with van der Waals surface area (Å²) in [5, 5.41) is -0.0827. The summed E-state index contributed by atoms with van der Waals surface area (Å²) in [7, 11) is 0. The standard InChI is InChI=1S/C62H42N2O12S2/c65-49-39-25-13-14-26-40(39)50(66)43(49)29-45-63-55-54(78-45)48-47(61(55,57(69)73-31-35-17-5-1-6-18-35)58(70)74-32-36-19-7-2-8-20-36)53-56(64-46(77-53)30-44-51(67)41-27-15-16-28-42(41)52(44)68)62(48,59(71)75-33-37-21-9-3-10-22-37)60(72)76-34-38-23-11-4-12-24-38/h1-12,17-30H,13-16,31-34H2. The topological polar surface area (TPSA) is 199 Å². The van der Waals surface area contributed by atoms with Crippen molar-refractivity contribution in [2.24, 2.45) is 0 Å². The van der Waals surface area contributed by atoms with Gasteiger partial charge in [0.2, 0.25) is 10.8 Å². The van der Waals surface area contributed by atoms with E-state index in [1.54, 1.807) is 146 Å². The molecule has 0 spiro atoms. The molecule has 2 heterocycles. The molecule has 6 aromatic rings. The number of ether oxygens (including phenoxy) is 4. The number of carbonyl (C=O) groups excluding carboxylic acids is 8. The van der Waals surface area contributed by atoms with Crippen LogP contribution in [0.15, 0.2) is 179 Å². The molecular formula is C62H42N2O12S2. The van der Waals surface area contributed by atoms with Gasteiger partial charge < -0.3 is 18.9 Å². The maximum Gasteiger partial charge on any atom is 0.334 e. The zero-order valence-electron chi connectivity index (χ0n) is 41.3. The smallest absolute Gasteiger partial charge is 0.334 e. The SMILES string of the molecule is O=C1C(=Cc2nc3c(s2)C2=C(c4sc(C=C5C(=O)C6=CCCC=C6C5=O)nc4C2(C(=O)OCc2ccccc2)C(=O)OCc2ccccc2)C3(C(=O)OCc2ccccc2)C(=O)OCc2ccccc2)C(=O)C2=CCCC=C12. The van der Waals surface area contributed by atoms with Crippen LogP contribution in [0.4, 0.5) is 0 Å². The second kappa shape index (κ2) is 20.1. The summed E-state index contributed by atoms with van der Waals surface area (Å²) in [5.74, 6) is -7.04. The lowest BCUT2D eigenvalue weighted by atomic mass is 9.79. The van der Waals surface area contributed by atoms with E-state index in [9.17, 15) is 19.2 Å². The third kappa shape index (κ3) is 8.14. The van der Waals surface area contributed by atoms with E-state index in [2.05, 4.69) is 0 Å². The Morgan fingerprint density at radius 2 is 0.667 bits per heavy atom. The van der Waals surface area contributed by atoms with Gasteiger partial charge in [-0.3, -0.25) is 38.4 Å². The minimum atomic E-state index is -2.79. The third-order valence-electron chi connectivity index (χ3n) is 14.3. The molecule has 0 saturated heterocycles. The van der Waals surface area contributed by atoms with Gasteiger partial charge in [-0.15, -0.1) is 22.7 Å². The highest BCUT2D eigenvalue weighted by molar-refractivity contribution is 7.16. The average Bonchev–Trinajstić information content (AvgIpc) is 3.88. The minimum absolute atomic E-state index is 0.0413. The lowest BCUT2D eigenvalue weighted by Gasteiger charge is -2.27. The van der Waals surface area contributed by atoms with Crippen molar-refractivity contribution >= 4 is 93.0 Å². The van der Waals surface area contributed by atoms with E-state index in [1.807, 2.05) is 0 Å². The van der Waals surface area contributed by atoms with Crippen LogP contribution < -0.4 is 0 Å². The predicted octanol–water partition coefficient (Wildman–Crippen LogP) is 9.35. The third-order valence-corrected chi connectivity index (χ3v) is 16.4. The van der Waals surface area contributed by atoms with E-state index in [0.717, 1.165) is 22.7 Å². The molecule has 0 unspecified atom stereocenters. The summed E-state index contributed by atoms with van der Waals surface area (Å²) in [5.41, 5.74) is -4.02. The maximum absolute atomic E-state index is 15.9. The molecule has 6 aliphatic carbocycles. The van der Waals surface area contributed by atoms with Gasteiger partial charge in [0, 0.05) is 33.4 Å². The Kier molecular flexibility index (Phi) is 12.8. The highest BCUT2D eigenvalue weighted by Gasteiger charge is 2.73. The molecule has 0 bridgehead atoms. The van der Waals surface area contributed by atoms with Crippen molar-refractivity contribution in [3.05, 3.63) is 232 Å². The van der Waals surface area contributed by atoms with Crippen molar-refractivity contribution in [1.29, 1.82) is 0 Å². The number of hydrogen-bond donors (Lipinski definition) is 0. The number of hydrogen-bond acceptors (Lipinski definition) is 16. The molecule has 2 fully saturated rings. The predicted molar refractivity (Wildman–Crippen MR) is 286 cm³/mol. The molecule has 78 heavy (non-hydrogen) atoms. The first-order valence-corrected chi connectivity index (χ1v) is 26.7. The lowest BCUT2D eigenvalue weighted by molar-refractivity contribution is -0.165. The van der Waals surface area contributed by atoms with Crippen LogP contribution in [-0.4, -0.2) is 57.0 Å². The number of Topliss-reactive ketones (excluding diaryl/α,β-unsaturated/α-hetero) is 4. The maximum atomic E-state index is 15.9. The van der Waals surface area contributed by atoms with Crippen molar-refractivity contribution in [3.8, 4) is 0 Å². The first kappa shape index (κ1) is 49.7. The van der Waals surface area contributed by atoms with E-state index in [4.69, 9.17) is 28.9 Å². The Hall–Kier alpha value is -9.12. The van der Waals surface area contributed by atoms with E-state index >= 15 is 19.2 Å². The molecular weight excluding hydrogens is 1030 g/mol. The summed E-state index contributed by atoms with van der Waals surface area (Å²) in [6.07, 6.45) is 11.6. The number of carbonyl (C=O) groups is 8. The van der Waals surface area contributed by atoms with Gasteiger partial charge in [-0.1, -0.05) is 146 Å². The van der Waals surface area contributed by atoms with Gasteiger partial charge in [0.25, 0.3) is 0 Å². The molecule has 6 aliphatic rings. The van der Waals surface area contributed by atoms with E-state index in [0.29, 0.717) is 47.9 Å². The highest BCUT2D eigenvalue weighted by Crippen LogP contribution is 2.66. The molecule has 384 valence electrons. The van der Waals surface area contributed by atoms with Gasteiger partial charge >= 0.3 is 23.9 Å². The molecule has 16 heteroatoms. The fraction of sp³-hybridized carbons (Fsp3) is 0.161. The second-order valence-electron chi connectivity index (χ2n) is 19.0. The van der Waals surface area contributed by atoms with Gasteiger partial charge in [-0.25, -0.2) is 9.97 Å². The molecule has 0 N–H and O–H groups in total. The molecule has 2 aromatic heterocycles. The Balaban J connectivity index is 1.13. The van der Waals surface area contributed by atoms with Crippen LogP contribution in [0.5, 0.6) is 0 Å². The summed E-state index contributed by atoms with van der Waals surface area (Å²) in [6, 6.07) is 34.7. The zero-order chi connectivity index (χ0) is 53.7. The zero-order valence-corrected chi connectivity index (χ0v) is 42.9. The average molecular weight is 1070 g/mol. The van der Waals surface area contributed by atoms with Crippen LogP contribution >= 0.6 is 22.7 Å². The van der Waals surface area contributed by atoms with Gasteiger partial charge in [0.1, 0.15) is 36.4 Å². The molecule has 4 aromatic carbocycles.